The second kappa shape index (κ2) is 11.2. The van der Waals surface area contributed by atoms with Crippen LogP contribution < -0.4 is 0 Å². The first-order valence-corrected chi connectivity index (χ1v) is 10.2. The van der Waals surface area contributed by atoms with Gasteiger partial charge in [-0.2, -0.15) is 0 Å². The highest BCUT2D eigenvalue weighted by Crippen LogP contribution is 2.44. The van der Waals surface area contributed by atoms with Gasteiger partial charge in [0.1, 0.15) is 12.7 Å². The van der Waals surface area contributed by atoms with Gasteiger partial charge in [-0.1, -0.05) is 6.07 Å². The van der Waals surface area contributed by atoms with Crippen molar-refractivity contribution in [3.8, 4) is 0 Å². The van der Waals surface area contributed by atoms with Crippen LogP contribution in [0.3, 0.4) is 0 Å². The Morgan fingerprint density at radius 3 is 2.06 bits per heavy atom. The van der Waals surface area contributed by atoms with Gasteiger partial charge in [0.15, 0.2) is 12.2 Å². The number of esters is 4. The summed E-state index contributed by atoms with van der Waals surface area (Å²) in [7, 11) is 0. The van der Waals surface area contributed by atoms with E-state index in [1.165, 1.54) is 6.07 Å². The van der Waals surface area contributed by atoms with Crippen molar-refractivity contribution in [3.05, 3.63) is 39.4 Å². The summed E-state index contributed by atoms with van der Waals surface area (Å²) < 4.78 is 26.2. The highest BCUT2D eigenvalue weighted by Gasteiger charge is 2.62. The Hall–Kier alpha value is -3.62. The van der Waals surface area contributed by atoms with Crippen LogP contribution in [0.2, 0.25) is 0 Å². The SMILES string of the molecule is CC(=O)OC[C@H]1O[C@](O)(c2ccc(CO)cc2[N+](=O)[O-])[C@H](OC(C)=O)[C@@H](OC(C)=O)[C@H]1OC(C)=O. The molecule has 1 saturated heterocycles. The van der Waals surface area contributed by atoms with E-state index in [0.717, 1.165) is 39.8 Å². The average Bonchev–Trinajstić information content (AvgIpc) is 2.75. The minimum absolute atomic E-state index is 0.120. The van der Waals surface area contributed by atoms with Crippen LogP contribution in [0.4, 0.5) is 5.69 Å². The highest BCUT2D eigenvalue weighted by molar-refractivity contribution is 5.69. The molecule has 0 unspecified atom stereocenters. The van der Waals surface area contributed by atoms with Gasteiger partial charge in [-0.05, 0) is 11.6 Å². The first kappa shape index (κ1) is 27.6. The van der Waals surface area contributed by atoms with Crippen molar-refractivity contribution in [3.63, 3.8) is 0 Å². The van der Waals surface area contributed by atoms with Gasteiger partial charge >= 0.3 is 23.9 Å². The number of ether oxygens (including phenoxy) is 5. The van der Waals surface area contributed by atoms with Gasteiger partial charge in [0, 0.05) is 33.8 Å². The van der Waals surface area contributed by atoms with E-state index in [1.54, 1.807) is 0 Å². The molecule has 14 nitrogen and oxygen atoms in total. The van der Waals surface area contributed by atoms with Gasteiger partial charge in [-0.15, -0.1) is 0 Å². The van der Waals surface area contributed by atoms with Gasteiger partial charge in [0.25, 0.3) is 5.69 Å². The van der Waals surface area contributed by atoms with E-state index < -0.39 is 83.5 Å². The fourth-order valence-corrected chi connectivity index (χ4v) is 3.63. The van der Waals surface area contributed by atoms with Crippen molar-refractivity contribution < 1.29 is 58.0 Å². The van der Waals surface area contributed by atoms with E-state index in [2.05, 4.69) is 0 Å². The zero-order valence-electron chi connectivity index (χ0n) is 19.3. The number of hydrogen-bond acceptors (Lipinski definition) is 13. The van der Waals surface area contributed by atoms with Crippen molar-refractivity contribution in [1.82, 2.24) is 0 Å². The van der Waals surface area contributed by atoms with Crippen LogP contribution in [-0.4, -0.2) is 70.0 Å². The predicted octanol–water partition coefficient (Wildman–Crippen LogP) is -0.0108. The van der Waals surface area contributed by atoms with E-state index in [0.29, 0.717) is 0 Å². The zero-order chi connectivity index (χ0) is 26.5. The topological polar surface area (TPSA) is 198 Å². The van der Waals surface area contributed by atoms with Crippen molar-refractivity contribution in [2.45, 2.75) is 64.5 Å². The van der Waals surface area contributed by atoms with Crippen LogP contribution in [-0.2, 0) is 55.3 Å². The minimum Gasteiger partial charge on any atom is -0.463 e. The van der Waals surface area contributed by atoms with E-state index in [9.17, 15) is 39.5 Å². The Morgan fingerprint density at radius 1 is 1.00 bits per heavy atom. The van der Waals surface area contributed by atoms with Crippen molar-refractivity contribution in [1.29, 1.82) is 0 Å². The lowest BCUT2D eigenvalue weighted by molar-refractivity contribution is -0.397. The van der Waals surface area contributed by atoms with Gasteiger partial charge < -0.3 is 33.9 Å². The molecule has 1 fully saturated rings. The molecule has 0 aliphatic carbocycles. The largest absolute Gasteiger partial charge is 0.463 e. The van der Waals surface area contributed by atoms with E-state index in [1.807, 2.05) is 0 Å². The molecule has 1 aromatic rings. The van der Waals surface area contributed by atoms with E-state index in [4.69, 9.17) is 23.7 Å². The number of benzene rings is 1. The third-order valence-corrected chi connectivity index (χ3v) is 4.88. The summed E-state index contributed by atoms with van der Waals surface area (Å²) >= 11 is 0. The third kappa shape index (κ3) is 6.49. The van der Waals surface area contributed by atoms with Crippen LogP contribution >= 0.6 is 0 Å². The van der Waals surface area contributed by atoms with Crippen molar-refractivity contribution in [2.24, 2.45) is 0 Å². The minimum atomic E-state index is -2.86. The second-order valence-corrected chi connectivity index (χ2v) is 7.60. The summed E-state index contributed by atoms with van der Waals surface area (Å²) in [5.41, 5.74) is -1.14. The van der Waals surface area contributed by atoms with E-state index in [-0.39, 0.29) is 5.56 Å². The smallest absolute Gasteiger partial charge is 0.303 e. The fourth-order valence-electron chi connectivity index (χ4n) is 3.63. The van der Waals surface area contributed by atoms with Crippen LogP contribution in [0.1, 0.15) is 38.8 Å². The summed E-state index contributed by atoms with van der Waals surface area (Å²) in [6.07, 6.45) is -6.80. The Bertz CT molecular complexity index is 1010. The molecule has 1 aliphatic rings. The molecule has 5 atom stereocenters. The van der Waals surface area contributed by atoms with Crippen LogP contribution in [0.5, 0.6) is 0 Å². The Morgan fingerprint density at radius 2 is 1.57 bits per heavy atom. The molecule has 2 N–H and O–H groups in total. The van der Waals surface area contributed by atoms with Crippen molar-refractivity contribution >= 4 is 29.6 Å². The molecule has 1 heterocycles. The van der Waals surface area contributed by atoms with Gasteiger partial charge in [-0.3, -0.25) is 29.3 Å². The van der Waals surface area contributed by atoms with Gasteiger partial charge in [-0.25, -0.2) is 0 Å². The van der Waals surface area contributed by atoms with E-state index >= 15 is 0 Å². The zero-order valence-corrected chi connectivity index (χ0v) is 19.3. The summed E-state index contributed by atoms with van der Waals surface area (Å²) in [5, 5.41) is 32.8. The van der Waals surface area contributed by atoms with Gasteiger partial charge in [0.05, 0.1) is 17.1 Å². The molecule has 35 heavy (non-hydrogen) atoms. The number of aliphatic hydroxyl groups is 2. The third-order valence-electron chi connectivity index (χ3n) is 4.88. The molecule has 192 valence electrons. The molecule has 1 aromatic carbocycles. The Labute approximate surface area is 198 Å². The quantitative estimate of drug-likeness (QED) is 0.210. The maximum atomic E-state index is 11.9. The Balaban J connectivity index is 2.78. The fraction of sp³-hybridized carbons (Fsp3) is 0.524. The molecule has 0 saturated carbocycles. The first-order chi connectivity index (χ1) is 16.3. The summed E-state index contributed by atoms with van der Waals surface area (Å²) in [5.74, 6) is -6.45. The lowest BCUT2D eigenvalue weighted by Gasteiger charge is -2.48. The molecule has 1 aliphatic heterocycles. The number of carbonyl (C=O) groups is 4. The molecule has 0 radical (unpaired) electrons. The standard InChI is InChI=1S/C21H25NO13/c1-10(24)31-9-17-18(32-11(2)25)19(33-12(3)26)20(34-13(4)27)21(28,35-17)15-6-5-14(8-23)7-16(15)22(29)30/h5-7,17-20,23,28H,8-9H2,1-4H3/t17-,18+,19+,20-,21-/m1/s1. The molecule has 0 bridgehead atoms. The number of rotatable bonds is 8. The maximum Gasteiger partial charge on any atom is 0.303 e. The Kier molecular flexibility index (Phi) is 8.84. The summed E-state index contributed by atoms with van der Waals surface area (Å²) in [6, 6.07) is 3.26. The van der Waals surface area contributed by atoms with Crippen LogP contribution in [0.25, 0.3) is 0 Å². The molecular weight excluding hydrogens is 474 g/mol. The normalized spacial score (nSPS) is 25.8. The summed E-state index contributed by atoms with van der Waals surface area (Å²) in [6.45, 7) is 2.84. The molecule has 14 heteroatoms. The highest BCUT2D eigenvalue weighted by atomic mass is 16.7. The molecule has 0 spiro atoms. The van der Waals surface area contributed by atoms with Gasteiger partial charge in [0.2, 0.25) is 11.9 Å². The number of carbonyl (C=O) groups excluding carboxylic acids is 4. The number of nitro groups is 1. The van der Waals surface area contributed by atoms with Crippen molar-refractivity contribution in [2.75, 3.05) is 6.61 Å². The number of nitrogens with zero attached hydrogens (tertiary/aromatic N) is 1. The molecule has 0 aromatic heterocycles. The molecular formula is C21H25NO13. The van der Waals surface area contributed by atoms with Crippen LogP contribution in [0, 0.1) is 10.1 Å². The lowest BCUT2D eigenvalue weighted by Crippen LogP contribution is -2.66. The summed E-state index contributed by atoms with van der Waals surface area (Å²) in [4.78, 5) is 58.0. The second-order valence-electron chi connectivity index (χ2n) is 7.60. The number of nitro benzene ring substituents is 1. The number of aliphatic hydroxyl groups excluding tert-OH is 1. The number of hydrogen-bond donors (Lipinski definition) is 2. The maximum absolute atomic E-state index is 11.9. The molecule has 0 amide bonds. The molecule has 2 rings (SSSR count). The first-order valence-electron chi connectivity index (χ1n) is 10.2. The van der Waals surface area contributed by atoms with Crippen LogP contribution in [0.15, 0.2) is 18.2 Å². The monoisotopic (exact) mass is 499 g/mol. The lowest BCUT2D eigenvalue weighted by atomic mass is 9.86. The average molecular weight is 499 g/mol. The predicted molar refractivity (Wildman–Crippen MR) is 111 cm³/mol.